The molecule has 1 unspecified atom stereocenters. The van der Waals surface area contributed by atoms with Crippen LogP contribution in [0.5, 0.6) is 0 Å². The molecule has 7 heteroatoms. The molecule has 0 saturated heterocycles. The highest BCUT2D eigenvalue weighted by molar-refractivity contribution is 7.89. The third-order valence-electron chi connectivity index (χ3n) is 4.07. The van der Waals surface area contributed by atoms with Crippen LogP contribution in [-0.4, -0.2) is 39.6 Å². The standard InChI is InChI=1S/C18H24N2O4S/c1-4-5-10-15(18(21)22)19-25(23,24)17-12-7-8-13-14(17)9-6-11-16(13)20(2)3/h6-9,11-12,15,19H,4-5,10H2,1-3H3,(H,21,22). The Morgan fingerprint density at radius 2 is 1.80 bits per heavy atom. The van der Waals surface area contributed by atoms with E-state index in [1.807, 2.05) is 38.1 Å². The van der Waals surface area contributed by atoms with Gasteiger partial charge in [-0.3, -0.25) is 4.79 Å². The molecule has 0 amide bonds. The maximum atomic E-state index is 12.8. The summed E-state index contributed by atoms with van der Waals surface area (Å²) in [4.78, 5) is 13.4. The van der Waals surface area contributed by atoms with Crippen LogP contribution in [0.3, 0.4) is 0 Å². The second-order valence-electron chi connectivity index (χ2n) is 6.18. The highest BCUT2D eigenvalue weighted by Crippen LogP contribution is 2.30. The number of benzene rings is 2. The predicted octanol–water partition coefficient (Wildman–Crippen LogP) is 2.83. The Hall–Kier alpha value is -2.12. The number of anilines is 1. The molecule has 0 fully saturated rings. The number of nitrogens with zero attached hydrogens (tertiary/aromatic N) is 1. The Kier molecular flexibility index (Phi) is 6.02. The van der Waals surface area contributed by atoms with Gasteiger partial charge in [-0.1, -0.05) is 44.0 Å². The molecule has 0 spiro atoms. The zero-order valence-electron chi connectivity index (χ0n) is 14.7. The molecule has 25 heavy (non-hydrogen) atoms. The summed E-state index contributed by atoms with van der Waals surface area (Å²) in [6, 6.07) is 9.34. The zero-order valence-corrected chi connectivity index (χ0v) is 15.5. The molecule has 0 radical (unpaired) electrons. The number of carboxylic acids is 1. The molecule has 1 atom stereocenters. The SMILES string of the molecule is CCCCC(NS(=O)(=O)c1cccc2c(N(C)C)cccc12)C(=O)O. The van der Waals surface area contributed by atoms with E-state index in [2.05, 4.69) is 4.72 Å². The van der Waals surface area contributed by atoms with Crippen LogP contribution in [0.4, 0.5) is 5.69 Å². The normalized spacial score (nSPS) is 12.9. The van der Waals surface area contributed by atoms with Gasteiger partial charge in [0.1, 0.15) is 6.04 Å². The first-order valence-electron chi connectivity index (χ1n) is 8.22. The number of sulfonamides is 1. The lowest BCUT2D eigenvalue weighted by Gasteiger charge is -2.18. The number of carbonyl (C=O) groups is 1. The van der Waals surface area contributed by atoms with Crippen molar-refractivity contribution in [3.63, 3.8) is 0 Å². The van der Waals surface area contributed by atoms with Gasteiger partial charge < -0.3 is 10.0 Å². The van der Waals surface area contributed by atoms with Crippen LogP contribution in [0.2, 0.25) is 0 Å². The van der Waals surface area contributed by atoms with Crippen molar-refractivity contribution in [2.75, 3.05) is 19.0 Å². The van der Waals surface area contributed by atoms with Gasteiger partial charge in [0.2, 0.25) is 10.0 Å². The van der Waals surface area contributed by atoms with Gasteiger partial charge in [-0.05, 0) is 18.6 Å². The van der Waals surface area contributed by atoms with Crippen LogP contribution in [0.25, 0.3) is 10.8 Å². The third kappa shape index (κ3) is 4.29. The van der Waals surface area contributed by atoms with E-state index in [0.717, 1.165) is 17.5 Å². The molecule has 0 bridgehead atoms. The molecule has 0 aliphatic heterocycles. The van der Waals surface area contributed by atoms with Crippen molar-refractivity contribution in [2.24, 2.45) is 0 Å². The van der Waals surface area contributed by atoms with E-state index >= 15 is 0 Å². The lowest BCUT2D eigenvalue weighted by molar-refractivity contribution is -0.139. The first kappa shape index (κ1) is 19.2. The van der Waals surface area contributed by atoms with Crippen molar-refractivity contribution in [3.8, 4) is 0 Å². The zero-order chi connectivity index (χ0) is 18.6. The lowest BCUT2D eigenvalue weighted by atomic mass is 10.1. The highest BCUT2D eigenvalue weighted by Gasteiger charge is 2.26. The summed E-state index contributed by atoms with van der Waals surface area (Å²) in [5.41, 5.74) is 0.898. The number of nitrogens with one attached hydrogen (secondary N) is 1. The number of aliphatic carboxylic acids is 1. The van der Waals surface area contributed by atoms with Gasteiger partial charge in [0.05, 0.1) is 4.90 Å². The summed E-state index contributed by atoms with van der Waals surface area (Å²) in [5, 5.41) is 10.7. The van der Waals surface area contributed by atoms with Gasteiger partial charge in [0.25, 0.3) is 0 Å². The Balaban J connectivity index is 2.49. The molecular formula is C18H24N2O4S. The van der Waals surface area contributed by atoms with Gasteiger partial charge >= 0.3 is 5.97 Å². The van der Waals surface area contributed by atoms with Crippen molar-refractivity contribution in [3.05, 3.63) is 36.4 Å². The average molecular weight is 364 g/mol. The highest BCUT2D eigenvalue weighted by atomic mass is 32.2. The van der Waals surface area contributed by atoms with Crippen LogP contribution in [0, 0.1) is 0 Å². The summed E-state index contributed by atoms with van der Waals surface area (Å²) >= 11 is 0. The van der Waals surface area contributed by atoms with Crippen molar-refractivity contribution < 1.29 is 18.3 Å². The topological polar surface area (TPSA) is 86.7 Å². The van der Waals surface area contributed by atoms with E-state index in [1.165, 1.54) is 6.07 Å². The summed E-state index contributed by atoms with van der Waals surface area (Å²) in [6.07, 6.45) is 1.70. The maximum Gasteiger partial charge on any atom is 0.321 e. The van der Waals surface area contributed by atoms with Gasteiger partial charge in [0.15, 0.2) is 0 Å². The Morgan fingerprint density at radius 1 is 1.16 bits per heavy atom. The molecule has 0 aromatic heterocycles. The van der Waals surface area contributed by atoms with Crippen molar-refractivity contribution in [1.29, 1.82) is 0 Å². The first-order valence-corrected chi connectivity index (χ1v) is 9.70. The fourth-order valence-electron chi connectivity index (χ4n) is 2.78. The number of fused-ring (bicyclic) bond motifs is 1. The minimum absolute atomic E-state index is 0.0939. The van der Waals surface area contributed by atoms with Gasteiger partial charge in [-0.25, -0.2) is 8.42 Å². The largest absolute Gasteiger partial charge is 0.480 e. The lowest BCUT2D eigenvalue weighted by Crippen LogP contribution is -2.40. The maximum absolute atomic E-state index is 12.8. The molecule has 0 aliphatic rings. The Morgan fingerprint density at radius 3 is 2.40 bits per heavy atom. The summed E-state index contributed by atoms with van der Waals surface area (Å²) in [6.45, 7) is 1.93. The molecule has 0 aliphatic carbocycles. The van der Waals surface area contributed by atoms with Gasteiger partial charge in [-0.15, -0.1) is 0 Å². The Bertz CT molecular complexity index is 863. The fraction of sp³-hybridized carbons (Fsp3) is 0.389. The monoisotopic (exact) mass is 364 g/mol. The van der Waals surface area contributed by atoms with E-state index in [9.17, 15) is 18.3 Å². The van der Waals surface area contributed by atoms with Crippen LogP contribution >= 0.6 is 0 Å². The average Bonchev–Trinajstić information content (AvgIpc) is 2.57. The van der Waals surface area contributed by atoms with E-state index in [-0.39, 0.29) is 11.3 Å². The van der Waals surface area contributed by atoms with Crippen LogP contribution < -0.4 is 9.62 Å². The molecule has 136 valence electrons. The van der Waals surface area contributed by atoms with E-state index in [4.69, 9.17) is 0 Å². The summed E-state index contributed by atoms with van der Waals surface area (Å²) < 4.78 is 28.0. The van der Waals surface area contributed by atoms with Gasteiger partial charge in [0, 0.05) is 30.6 Å². The number of rotatable bonds is 8. The second-order valence-corrected chi connectivity index (χ2v) is 7.86. The minimum atomic E-state index is -3.95. The van der Waals surface area contributed by atoms with Crippen molar-refractivity contribution in [1.82, 2.24) is 4.72 Å². The first-order chi connectivity index (χ1) is 11.8. The quantitative estimate of drug-likeness (QED) is 0.752. The van der Waals surface area contributed by atoms with E-state index < -0.39 is 22.0 Å². The third-order valence-corrected chi connectivity index (χ3v) is 5.60. The molecule has 0 heterocycles. The number of carboxylic acid groups (broad SMARTS) is 1. The summed E-state index contributed by atoms with van der Waals surface area (Å²) in [5.74, 6) is -1.16. The molecule has 0 saturated carbocycles. The number of hydrogen-bond acceptors (Lipinski definition) is 4. The van der Waals surface area contributed by atoms with Crippen LogP contribution in [0.15, 0.2) is 41.3 Å². The fourth-order valence-corrected chi connectivity index (χ4v) is 4.23. The molecule has 2 rings (SSSR count). The number of hydrogen-bond donors (Lipinski definition) is 2. The number of unbranched alkanes of at least 4 members (excludes halogenated alkanes) is 1. The summed E-state index contributed by atoms with van der Waals surface area (Å²) in [7, 11) is -0.177. The van der Waals surface area contributed by atoms with Crippen molar-refractivity contribution >= 4 is 32.5 Å². The predicted molar refractivity (Wildman–Crippen MR) is 99.5 cm³/mol. The van der Waals surface area contributed by atoms with Crippen molar-refractivity contribution in [2.45, 2.75) is 37.1 Å². The van der Waals surface area contributed by atoms with E-state index in [1.54, 1.807) is 18.2 Å². The molecule has 2 N–H and O–H groups in total. The smallest absolute Gasteiger partial charge is 0.321 e. The Labute approximate surface area is 148 Å². The minimum Gasteiger partial charge on any atom is -0.480 e. The van der Waals surface area contributed by atoms with Crippen LogP contribution in [0.1, 0.15) is 26.2 Å². The van der Waals surface area contributed by atoms with E-state index in [0.29, 0.717) is 11.8 Å². The molecule has 6 nitrogen and oxygen atoms in total. The molecular weight excluding hydrogens is 340 g/mol. The van der Waals surface area contributed by atoms with Gasteiger partial charge in [-0.2, -0.15) is 4.72 Å². The molecule has 2 aromatic rings. The molecule has 2 aromatic carbocycles. The second kappa shape index (κ2) is 7.84. The van der Waals surface area contributed by atoms with Crippen LogP contribution in [-0.2, 0) is 14.8 Å².